The molecule has 112 valence electrons. The Kier molecular flexibility index (Phi) is 4.66. The van der Waals surface area contributed by atoms with Crippen LogP contribution in [-0.2, 0) is 4.74 Å². The summed E-state index contributed by atoms with van der Waals surface area (Å²) in [5.74, 6) is 0.636. The highest BCUT2D eigenvalue weighted by molar-refractivity contribution is 7.99. The minimum atomic E-state index is -1.37. The van der Waals surface area contributed by atoms with Crippen LogP contribution in [0.5, 0.6) is 0 Å². The molecule has 9 heteroatoms. The highest BCUT2D eigenvalue weighted by atomic mass is 32.2. The molecular weight excluding hydrogens is 288 g/mol. The van der Waals surface area contributed by atoms with Crippen molar-refractivity contribution in [1.29, 1.82) is 0 Å². The molecule has 0 unspecified atom stereocenters. The fourth-order valence-electron chi connectivity index (χ4n) is 2.02. The number of aromatic nitrogens is 2. The third-order valence-corrected chi connectivity index (χ3v) is 3.92. The third-order valence-electron chi connectivity index (χ3n) is 3.03. The molecule has 1 aromatic heterocycles. The van der Waals surface area contributed by atoms with Crippen molar-refractivity contribution >= 4 is 11.8 Å². The molecule has 0 bridgehead atoms. The molecule has 4 atom stereocenters. The van der Waals surface area contributed by atoms with Gasteiger partial charge in [0.25, 0.3) is 5.56 Å². The maximum Gasteiger partial charge on any atom is 0.330 e. The van der Waals surface area contributed by atoms with Gasteiger partial charge in [0.15, 0.2) is 6.23 Å². The highest BCUT2D eigenvalue weighted by Gasteiger charge is 2.43. The van der Waals surface area contributed by atoms with E-state index in [1.165, 1.54) is 18.0 Å². The zero-order chi connectivity index (χ0) is 14.9. The van der Waals surface area contributed by atoms with Gasteiger partial charge in [-0.15, -0.1) is 11.8 Å². The Morgan fingerprint density at radius 3 is 2.65 bits per heavy atom. The average molecular weight is 304 g/mol. The molecule has 1 aromatic rings. The second kappa shape index (κ2) is 6.10. The van der Waals surface area contributed by atoms with E-state index >= 15 is 0 Å². The molecule has 0 saturated carbocycles. The maximum atomic E-state index is 11.8. The van der Waals surface area contributed by atoms with E-state index in [9.17, 15) is 19.8 Å². The Morgan fingerprint density at radius 1 is 1.40 bits per heavy atom. The average Bonchev–Trinajstić information content (AvgIpc) is 2.70. The van der Waals surface area contributed by atoms with Crippen LogP contribution in [0.15, 0.2) is 20.7 Å². The standard InChI is InChI=1S/C11H16N2O6S/c1-2-20-6-3-13(11(18)12-9(6)17)10-8(16)7(15)5(4-14)19-10/h3,5,7-8,10,14-16H,2,4H2,1H3,(H,12,17,18)/t5-,7-,8-,10-/m1/s1. The van der Waals surface area contributed by atoms with Gasteiger partial charge >= 0.3 is 5.69 Å². The lowest BCUT2D eigenvalue weighted by Gasteiger charge is -2.17. The van der Waals surface area contributed by atoms with E-state index in [1.807, 2.05) is 6.92 Å². The molecule has 1 aliphatic rings. The number of aliphatic hydroxyl groups excluding tert-OH is 3. The number of hydrogen-bond acceptors (Lipinski definition) is 7. The maximum absolute atomic E-state index is 11.8. The monoisotopic (exact) mass is 304 g/mol. The van der Waals surface area contributed by atoms with Crippen LogP contribution in [0.3, 0.4) is 0 Å². The van der Waals surface area contributed by atoms with Crippen LogP contribution >= 0.6 is 11.8 Å². The Balaban J connectivity index is 2.40. The van der Waals surface area contributed by atoms with Crippen molar-refractivity contribution < 1.29 is 20.1 Å². The van der Waals surface area contributed by atoms with E-state index in [1.54, 1.807) is 0 Å². The van der Waals surface area contributed by atoms with E-state index in [0.29, 0.717) is 10.6 Å². The second-order valence-corrected chi connectivity index (χ2v) is 5.63. The van der Waals surface area contributed by atoms with Crippen LogP contribution in [0.2, 0.25) is 0 Å². The Morgan fingerprint density at radius 2 is 2.10 bits per heavy atom. The van der Waals surface area contributed by atoms with Gasteiger partial charge in [0, 0.05) is 6.20 Å². The van der Waals surface area contributed by atoms with Crippen molar-refractivity contribution in [3.63, 3.8) is 0 Å². The second-order valence-electron chi connectivity index (χ2n) is 4.32. The smallest absolute Gasteiger partial charge is 0.330 e. The van der Waals surface area contributed by atoms with Crippen molar-refractivity contribution in [2.45, 2.75) is 36.4 Å². The third kappa shape index (κ3) is 2.67. The van der Waals surface area contributed by atoms with Gasteiger partial charge in [-0.2, -0.15) is 0 Å². The SMILES string of the molecule is CCSc1cn([C@@H]2O[C@H](CO)[C@@H](O)[C@H]2O)c(=O)[nH]c1=O. The number of aliphatic hydroxyl groups is 3. The summed E-state index contributed by atoms with van der Waals surface area (Å²) in [5, 5.41) is 28.6. The van der Waals surface area contributed by atoms with Crippen molar-refractivity contribution in [1.82, 2.24) is 9.55 Å². The summed E-state index contributed by atoms with van der Waals surface area (Å²) in [6, 6.07) is 0. The molecular formula is C11H16N2O6S. The summed E-state index contributed by atoms with van der Waals surface area (Å²) < 4.78 is 6.27. The fourth-order valence-corrected chi connectivity index (χ4v) is 2.71. The Labute approximate surface area is 118 Å². The summed E-state index contributed by atoms with van der Waals surface area (Å²) in [6.07, 6.45) is -3.50. The number of rotatable bonds is 4. The lowest BCUT2D eigenvalue weighted by molar-refractivity contribution is -0.0553. The van der Waals surface area contributed by atoms with E-state index in [-0.39, 0.29) is 0 Å². The predicted octanol–water partition coefficient (Wildman–Crippen LogP) is -1.74. The van der Waals surface area contributed by atoms with Crippen LogP contribution in [-0.4, -0.2) is 55.5 Å². The van der Waals surface area contributed by atoms with Crippen LogP contribution in [0.4, 0.5) is 0 Å². The summed E-state index contributed by atoms with van der Waals surface area (Å²) in [7, 11) is 0. The summed E-state index contributed by atoms with van der Waals surface area (Å²) >= 11 is 1.24. The first-order valence-corrected chi connectivity index (χ1v) is 7.08. The predicted molar refractivity (Wildman–Crippen MR) is 70.7 cm³/mol. The van der Waals surface area contributed by atoms with Crippen molar-refractivity contribution in [3.8, 4) is 0 Å². The molecule has 8 nitrogen and oxygen atoms in total. The minimum absolute atomic E-state index is 0.310. The summed E-state index contributed by atoms with van der Waals surface area (Å²) in [5.41, 5.74) is -1.25. The zero-order valence-corrected chi connectivity index (χ0v) is 11.5. The van der Waals surface area contributed by atoms with Crippen molar-refractivity contribution in [3.05, 3.63) is 27.0 Å². The van der Waals surface area contributed by atoms with E-state index in [2.05, 4.69) is 4.98 Å². The molecule has 20 heavy (non-hydrogen) atoms. The van der Waals surface area contributed by atoms with Gasteiger partial charge in [-0.05, 0) is 5.75 Å². The molecule has 0 aromatic carbocycles. The van der Waals surface area contributed by atoms with Gasteiger partial charge in [0.2, 0.25) is 0 Å². The lowest BCUT2D eigenvalue weighted by atomic mass is 10.1. The number of ether oxygens (including phenoxy) is 1. The molecule has 1 saturated heterocycles. The first-order valence-electron chi connectivity index (χ1n) is 6.10. The minimum Gasteiger partial charge on any atom is -0.394 e. The molecule has 2 rings (SSSR count). The van der Waals surface area contributed by atoms with E-state index in [0.717, 1.165) is 4.57 Å². The topological polar surface area (TPSA) is 125 Å². The molecule has 0 radical (unpaired) electrons. The lowest BCUT2D eigenvalue weighted by Crippen LogP contribution is -2.38. The first-order chi connectivity index (χ1) is 9.49. The fraction of sp³-hybridized carbons (Fsp3) is 0.636. The molecule has 0 spiro atoms. The largest absolute Gasteiger partial charge is 0.394 e. The van der Waals surface area contributed by atoms with Gasteiger partial charge in [0.05, 0.1) is 11.5 Å². The number of hydrogen-bond donors (Lipinski definition) is 4. The van der Waals surface area contributed by atoms with Crippen molar-refractivity contribution in [2.24, 2.45) is 0 Å². The zero-order valence-electron chi connectivity index (χ0n) is 10.7. The van der Waals surface area contributed by atoms with Crippen LogP contribution < -0.4 is 11.2 Å². The van der Waals surface area contributed by atoms with Gasteiger partial charge in [-0.1, -0.05) is 6.92 Å². The molecule has 2 heterocycles. The van der Waals surface area contributed by atoms with E-state index < -0.39 is 42.4 Å². The van der Waals surface area contributed by atoms with Crippen LogP contribution in [0, 0.1) is 0 Å². The number of aromatic amines is 1. The van der Waals surface area contributed by atoms with E-state index in [4.69, 9.17) is 9.84 Å². The van der Waals surface area contributed by atoms with Crippen LogP contribution in [0.25, 0.3) is 0 Å². The molecule has 1 aliphatic heterocycles. The van der Waals surface area contributed by atoms with Gasteiger partial charge in [-0.25, -0.2) is 4.79 Å². The van der Waals surface area contributed by atoms with Crippen LogP contribution in [0.1, 0.15) is 13.2 Å². The van der Waals surface area contributed by atoms with Crippen molar-refractivity contribution in [2.75, 3.05) is 12.4 Å². The Hall–Kier alpha value is -1.13. The normalized spacial score (nSPS) is 29.8. The quantitative estimate of drug-likeness (QED) is 0.487. The Bertz CT molecular complexity index is 585. The summed E-state index contributed by atoms with van der Waals surface area (Å²) in [6.45, 7) is 1.37. The number of nitrogens with one attached hydrogen (secondary N) is 1. The molecule has 0 aliphatic carbocycles. The van der Waals surface area contributed by atoms with Gasteiger partial charge in [0.1, 0.15) is 18.3 Å². The number of nitrogens with zero attached hydrogens (tertiary/aromatic N) is 1. The highest BCUT2D eigenvalue weighted by Crippen LogP contribution is 2.28. The van der Waals surface area contributed by atoms with Gasteiger partial charge in [-0.3, -0.25) is 14.3 Å². The molecule has 1 fully saturated rings. The first kappa shape index (κ1) is 15.3. The molecule has 4 N–H and O–H groups in total. The van der Waals surface area contributed by atoms with Gasteiger partial charge < -0.3 is 20.1 Å². The number of H-pyrrole nitrogens is 1. The molecule has 0 amide bonds. The summed E-state index contributed by atoms with van der Waals surface area (Å²) in [4.78, 5) is 25.8. The number of thioether (sulfide) groups is 1.